The predicted octanol–water partition coefficient (Wildman–Crippen LogP) is 4.61. The van der Waals surface area contributed by atoms with E-state index in [9.17, 15) is 4.79 Å². The standard InChI is InChI=1S/C15H12BrClO2/c1-19-15(18)12-4-2-3-11(9-12)14(16)10-5-7-13(17)8-6-10/h2-9,14H,1H3. The number of esters is 1. The number of carbonyl (C=O) groups excluding carboxylic acids is 1. The van der Waals surface area contributed by atoms with Gasteiger partial charge >= 0.3 is 5.97 Å². The Labute approximate surface area is 125 Å². The molecule has 0 N–H and O–H groups in total. The van der Waals surface area contributed by atoms with Gasteiger partial charge in [0.05, 0.1) is 17.5 Å². The van der Waals surface area contributed by atoms with Crippen LogP contribution in [-0.4, -0.2) is 13.1 Å². The van der Waals surface area contributed by atoms with Gasteiger partial charge in [0.25, 0.3) is 0 Å². The second-order valence-electron chi connectivity index (χ2n) is 4.03. The summed E-state index contributed by atoms with van der Waals surface area (Å²) >= 11 is 9.50. The largest absolute Gasteiger partial charge is 0.465 e. The van der Waals surface area contributed by atoms with Crippen LogP contribution in [0.5, 0.6) is 0 Å². The maximum Gasteiger partial charge on any atom is 0.337 e. The normalized spacial score (nSPS) is 11.9. The Kier molecular flexibility index (Phi) is 4.61. The number of halogens is 2. The molecule has 0 amide bonds. The number of hydrogen-bond donors (Lipinski definition) is 0. The number of alkyl halides is 1. The minimum absolute atomic E-state index is 0.00868. The number of benzene rings is 2. The summed E-state index contributed by atoms with van der Waals surface area (Å²) in [5.41, 5.74) is 2.61. The molecule has 0 aliphatic rings. The molecule has 1 atom stereocenters. The molecule has 1 unspecified atom stereocenters. The van der Waals surface area contributed by atoms with Gasteiger partial charge in [0, 0.05) is 5.02 Å². The number of carbonyl (C=O) groups is 1. The van der Waals surface area contributed by atoms with Gasteiger partial charge in [0.2, 0.25) is 0 Å². The van der Waals surface area contributed by atoms with Crippen LogP contribution in [0.3, 0.4) is 0 Å². The summed E-state index contributed by atoms with van der Waals surface area (Å²) in [6.07, 6.45) is 0. The van der Waals surface area contributed by atoms with Gasteiger partial charge in [-0.2, -0.15) is 0 Å². The zero-order chi connectivity index (χ0) is 13.8. The summed E-state index contributed by atoms with van der Waals surface area (Å²) in [5.74, 6) is -0.336. The minimum Gasteiger partial charge on any atom is -0.465 e. The van der Waals surface area contributed by atoms with E-state index in [1.165, 1.54) is 7.11 Å². The first-order valence-corrected chi connectivity index (χ1v) is 6.99. The number of ether oxygens (including phenoxy) is 1. The van der Waals surface area contributed by atoms with Gasteiger partial charge in [-0.15, -0.1) is 0 Å². The van der Waals surface area contributed by atoms with Crippen molar-refractivity contribution >= 4 is 33.5 Å². The molecule has 2 aromatic rings. The van der Waals surface area contributed by atoms with Crippen LogP contribution in [0.15, 0.2) is 48.5 Å². The maximum atomic E-state index is 11.5. The second-order valence-corrected chi connectivity index (χ2v) is 5.38. The third kappa shape index (κ3) is 3.37. The summed E-state index contributed by atoms with van der Waals surface area (Å²) in [7, 11) is 1.37. The van der Waals surface area contributed by atoms with Crippen molar-refractivity contribution in [1.82, 2.24) is 0 Å². The highest BCUT2D eigenvalue weighted by Crippen LogP contribution is 2.31. The van der Waals surface area contributed by atoms with Gasteiger partial charge < -0.3 is 4.74 Å². The summed E-state index contributed by atoms with van der Waals surface area (Å²) < 4.78 is 4.72. The first kappa shape index (κ1) is 14.1. The molecule has 0 radical (unpaired) electrons. The van der Waals surface area contributed by atoms with E-state index >= 15 is 0 Å². The Hall–Kier alpha value is -1.32. The molecule has 0 saturated carbocycles. The molecule has 0 aliphatic heterocycles. The molecular weight excluding hydrogens is 328 g/mol. The van der Waals surface area contributed by atoms with Crippen molar-refractivity contribution in [3.8, 4) is 0 Å². The van der Waals surface area contributed by atoms with Gasteiger partial charge in [0.15, 0.2) is 0 Å². The van der Waals surface area contributed by atoms with E-state index in [1.54, 1.807) is 6.07 Å². The van der Waals surface area contributed by atoms with Crippen LogP contribution in [0.25, 0.3) is 0 Å². The van der Waals surface area contributed by atoms with Gasteiger partial charge in [-0.05, 0) is 35.4 Å². The van der Waals surface area contributed by atoms with Gasteiger partial charge in [-0.3, -0.25) is 0 Å². The van der Waals surface area contributed by atoms with E-state index in [-0.39, 0.29) is 10.8 Å². The predicted molar refractivity (Wildman–Crippen MR) is 80.0 cm³/mol. The zero-order valence-corrected chi connectivity index (χ0v) is 12.6. The van der Waals surface area contributed by atoms with Crippen molar-refractivity contribution < 1.29 is 9.53 Å². The fraction of sp³-hybridized carbons (Fsp3) is 0.133. The molecule has 19 heavy (non-hydrogen) atoms. The Bertz CT molecular complexity index is 581. The van der Waals surface area contributed by atoms with Crippen LogP contribution in [0.2, 0.25) is 5.02 Å². The van der Waals surface area contributed by atoms with Gasteiger partial charge in [-0.1, -0.05) is 51.8 Å². The lowest BCUT2D eigenvalue weighted by Crippen LogP contribution is -2.02. The first-order chi connectivity index (χ1) is 9.11. The van der Waals surface area contributed by atoms with Crippen molar-refractivity contribution in [2.75, 3.05) is 7.11 Å². The Morgan fingerprint density at radius 1 is 1.16 bits per heavy atom. The van der Waals surface area contributed by atoms with Crippen LogP contribution in [0.1, 0.15) is 26.3 Å². The highest BCUT2D eigenvalue weighted by molar-refractivity contribution is 9.09. The van der Waals surface area contributed by atoms with E-state index in [0.29, 0.717) is 10.6 Å². The minimum atomic E-state index is -0.336. The molecule has 2 rings (SSSR count). The average molecular weight is 340 g/mol. The Balaban J connectivity index is 2.31. The summed E-state index contributed by atoms with van der Waals surface area (Å²) in [4.78, 5) is 11.5. The van der Waals surface area contributed by atoms with Crippen molar-refractivity contribution in [2.45, 2.75) is 4.83 Å². The fourth-order valence-corrected chi connectivity index (χ4v) is 2.48. The molecule has 0 aromatic heterocycles. The number of methoxy groups -OCH3 is 1. The lowest BCUT2D eigenvalue weighted by atomic mass is 10.0. The van der Waals surface area contributed by atoms with E-state index in [0.717, 1.165) is 11.1 Å². The molecule has 98 valence electrons. The van der Waals surface area contributed by atoms with Gasteiger partial charge in [0.1, 0.15) is 0 Å². The van der Waals surface area contributed by atoms with Crippen molar-refractivity contribution in [1.29, 1.82) is 0 Å². The van der Waals surface area contributed by atoms with Gasteiger partial charge in [-0.25, -0.2) is 4.79 Å². The summed E-state index contributed by atoms with van der Waals surface area (Å²) in [5, 5.41) is 0.701. The molecule has 0 aliphatic carbocycles. The third-order valence-electron chi connectivity index (χ3n) is 2.76. The molecule has 2 nitrogen and oxygen atoms in total. The van der Waals surface area contributed by atoms with E-state index in [1.807, 2.05) is 42.5 Å². The smallest absolute Gasteiger partial charge is 0.337 e. The lowest BCUT2D eigenvalue weighted by Gasteiger charge is -2.12. The van der Waals surface area contributed by atoms with Crippen LogP contribution >= 0.6 is 27.5 Å². The van der Waals surface area contributed by atoms with Crippen molar-refractivity contribution in [3.63, 3.8) is 0 Å². The maximum absolute atomic E-state index is 11.5. The zero-order valence-electron chi connectivity index (χ0n) is 10.3. The molecular formula is C15H12BrClO2. The molecule has 4 heteroatoms. The van der Waals surface area contributed by atoms with E-state index < -0.39 is 0 Å². The van der Waals surface area contributed by atoms with Crippen molar-refractivity contribution in [2.24, 2.45) is 0 Å². The molecule has 0 fully saturated rings. The van der Waals surface area contributed by atoms with Crippen LogP contribution in [-0.2, 0) is 4.74 Å². The number of rotatable bonds is 3. The molecule has 0 spiro atoms. The van der Waals surface area contributed by atoms with Crippen LogP contribution in [0.4, 0.5) is 0 Å². The Morgan fingerprint density at radius 3 is 2.47 bits per heavy atom. The van der Waals surface area contributed by atoms with E-state index in [2.05, 4.69) is 15.9 Å². The second kappa shape index (κ2) is 6.22. The third-order valence-corrected chi connectivity index (χ3v) is 4.07. The summed E-state index contributed by atoms with van der Waals surface area (Å²) in [6, 6.07) is 14.9. The highest BCUT2D eigenvalue weighted by atomic mass is 79.9. The fourth-order valence-electron chi connectivity index (χ4n) is 1.77. The monoisotopic (exact) mass is 338 g/mol. The molecule has 0 bridgehead atoms. The van der Waals surface area contributed by atoms with Crippen LogP contribution < -0.4 is 0 Å². The lowest BCUT2D eigenvalue weighted by molar-refractivity contribution is 0.0600. The SMILES string of the molecule is COC(=O)c1cccc(C(Br)c2ccc(Cl)cc2)c1. The molecule has 0 heterocycles. The first-order valence-electron chi connectivity index (χ1n) is 5.69. The van der Waals surface area contributed by atoms with Crippen LogP contribution in [0, 0.1) is 0 Å². The Morgan fingerprint density at radius 2 is 1.84 bits per heavy atom. The van der Waals surface area contributed by atoms with E-state index in [4.69, 9.17) is 16.3 Å². The topological polar surface area (TPSA) is 26.3 Å². The molecule has 2 aromatic carbocycles. The quantitative estimate of drug-likeness (QED) is 0.603. The average Bonchev–Trinajstić information content (AvgIpc) is 2.46. The summed E-state index contributed by atoms with van der Waals surface area (Å²) in [6.45, 7) is 0. The van der Waals surface area contributed by atoms with Crippen molar-refractivity contribution in [3.05, 3.63) is 70.2 Å². The highest BCUT2D eigenvalue weighted by Gasteiger charge is 2.13. The number of hydrogen-bond acceptors (Lipinski definition) is 2. The molecule has 0 saturated heterocycles.